The summed E-state index contributed by atoms with van der Waals surface area (Å²) < 4.78 is 10.7. The molecule has 0 spiro atoms. The van der Waals surface area contributed by atoms with Gasteiger partial charge in [0.2, 0.25) is 5.95 Å². The van der Waals surface area contributed by atoms with Crippen molar-refractivity contribution >= 4 is 11.9 Å². The monoisotopic (exact) mass is 384 g/mol. The second-order valence-corrected chi connectivity index (χ2v) is 6.98. The van der Waals surface area contributed by atoms with E-state index in [2.05, 4.69) is 20.6 Å². The Labute approximate surface area is 165 Å². The maximum atomic E-state index is 12.4. The molecule has 0 saturated heterocycles. The van der Waals surface area contributed by atoms with E-state index in [0.717, 1.165) is 30.0 Å². The fourth-order valence-electron chi connectivity index (χ4n) is 3.27. The zero-order chi connectivity index (χ0) is 19.8. The topological polar surface area (TPSA) is 85.4 Å². The lowest BCUT2D eigenvalue weighted by Gasteiger charge is -2.23. The van der Waals surface area contributed by atoms with Crippen LogP contribution in [0.5, 0.6) is 11.5 Å². The molecule has 0 unspecified atom stereocenters. The van der Waals surface area contributed by atoms with Gasteiger partial charge in [0.1, 0.15) is 23.8 Å². The number of ether oxygens (including phenoxy) is 2. The summed E-state index contributed by atoms with van der Waals surface area (Å²) in [5.41, 5.74) is 1.14. The van der Waals surface area contributed by atoms with Crippen molar-refractivity contribution in [2.75, 3.05) is 25.6 Å². The molecule has 0 bridgehead atoms. The van der Waals surface area contributed by atoms with Gasteiger partial charge in [-0.25, -0.2) is 9.97 Å². The predicted molar refractivity (Wildman–Crippen MR) is 108 cm³/mol. The Morgan fingerprint density at radius 1 is 1.11 bits per heavy atom. The van der Waals surface area contributed by atoms with Crippen LogP contribution in [0, 0.1) is 6.92 Å². The summed E-state index contributed by atoms with van der Waals surface area (Å²) in [4.78, 5) is 21.3. The number of aryl methyl sites for hydroxylation is 1. The summed E-state index contributed by atoms with van der Waals surface area (Å²) in [7, 11) is 1.62. The second-order valence-electron chi connectivity index (χ2n) is 6.98. The van der Waals surface area contributed by atoms with Gasteiger partial charge >= 0.3 is 0 Å². The fourth-order valence-corrected chi connectivity index (χ4v) is 3.27. The Morgan fingerprint density at radius 2 is 1.82 bits per heavy atom. The summed E-state index contributed by atoms with van der Waals surface area (Å²) in [5.74, 6) is 1.81. The summed E-state index contributed by atoms with van der Waals surface area (Å²) in [6.45, 7) is 2.63. The minimum absolute atomic E-state index is 0.226. The lowest BCUT2D eigenvalue weighted by atomic mass is 9.96. The number of nitrogens with zero attached hydrogens (tertiary/aromatic N) is 2. The number of carbonyl (C=O) groups excluding carboxylic acids is 1. The largest absolute Gasteiger partial charge is 0.497 e. The highest BCUT2D eigenvalue weighted by Gasteiger charge is 2.16. The molecular formula is C21H28N4O3. The Balaban J connectivity index is 1.48. The van der Waals surface area contributed by atoms with Gasteiger partial charge in [-0.05, 0) is 50.1 Å². The van der Waals surface area contributed by atoms with Gasteiger partial charge in [-0.1, -0.05) is 19.3 Å². The van der Waals surface area contributed by atoms with Gasteiger partial charge in [0, 0.05) is 11.7 Å². The molecule has 1 aliphatic carbocycles. The molecule has 3 rings (SSSR count). The quantitative estimate of drug-likeness (QED) is 0.679. The van der Waals surface area contributed by atoms with Crippen LogP contribution in [0.2, 0.25) is 0 Å². The highest BCUT2D eigenvalue weighted by molar-refractivity contribution is 5.92. The van der Waals surface area contributed by atoms with E-state index in [-0.39, 0.29) is 5.91 Å². The fraction of sp³-hybridized carbons (Fsp3) is 0.476. The van der Waals surface area contributed by atoms with Crippen molar-refractivity contribution in [3.8, 4) is 11.5 Å². The zero-order valence-corrected chi connectivity index (χ0v) is 16.5. The number of anilines is 1. The van der Waals surface area contributed by atoms with Crippen molar-refractivity contribution in [2.24, 2.45) is 0 Å². The number of hydrogen-bond acceptors (Lipinski definition) is 6. The highest BCUT2D eigenvalue weighted by Crippen LogP contribution is 2.20. The molecule has 0 radical (unpaired) electrons. The van der Waals surface area contributed by atoms with E-state index in [0.29, 0.717) is 30.8 Å². The molecule has 2 N–H and O–H groups in total. The van der Waals surface area contributed by atoms with E-state index < -0.39 is 0 Å². The lowest BCUT2D eigenvalue weighted by molar-refractivity contribution is 0.0942. The molecule has 0 aliphatic heterocycles. The Kier molecular flexibility index (Phi) is 7.06. The van der Waals surface area contributed by atoms with Crippen LogP contribution in [0.15, 0.2) is 30.3 Å². The van der Waals surface area contributed by atoms with E-state index in [4.69, 9.17) is 9.47 Å². The van der Waals surface area contributed by atoms with Crippen molar-refractivity contribution in [1.29, 1.82) is 0 Å². The average Bonchev–Trinajstić information content (AvgIpc) is 2.72. The molecule has 28 heavy (non-hydrogen) atoms. The molecule has 1 aromatic heterocycles. The average molecular weight is 384 g/mol. The maximum Gasteiger partial charge on any atom is 0.270 e. The molecule has 1 heterocycles. The first-order valence-electron chi connectivity index (χ1n) is 9.81. The third-order valence-electron chi connectivity index (χ3n) is 4.74. The molecule has 1 fully saturated rings. The van der Waals surface area contributed by atoms with E-state index in [9.17, 15) is 4.79 Å². The first kappa shape index (κ1) is 19.9. The molecule has 1 aliphatic rings. The number of aromatic nitrogens is 2. The van der Waals surface area contributed by atoms with E-state index in [1.54, 1.807) is 13.2 Å². The van der Waals surface area contributed by atoms with Gasteiger partial charge < -0.3 is 20.1 Å². The number of methoxy groups -OCH3 is 1. The Morgan fingerprint density at radius 3 is 2.54 bits per heavy atom. The molecule has 1 aromatic carbocycles. The number of rotatable bonds is 8. The minimum atomic E-state index is -0.226. The lowest BCUT2D eigenvalue weighted by Crippen LogP contribution is -2.30. The van der Waals surface area contributed by atoms with Gasteiger partial charge in [0.05, 0.1) is 13.7 Å². The maximum absolute atomic E-state index is 12.4. The number of nitrogens with one attached hydrogen (secondary N) is 2. The van der Waals surface area contributed by atoms with Crippen molar-refractivity contribution < 1.29 is 14.3 Å². The zero-order valence-electron chi connectivity index (χ0n) is 16.5. The Hall–Kier alpha value is -2.83. The van der Waals surface area contributed by atoms with Crippen LogP contribution in [0.3, 0.4) is 0 Å². The van der Waals surface area contributed by atoms with Gasteiger partial charge in [-0.3, -0.25) is 4.79 Å². The van der Waals surface area contributed by atoms with Crippen LogP contribution in [-0.2, 0) is 0 Å². The standard InChI is InChI=1S/C21H28N4O3/c1-15-14-19(25-21(23-15)24-16-6-4-3-5-7-16)20(26)22-12-13-28-18-10-8-17(27-2)9-11-18/h8-11,14,16H,3-7,12-13H2,1-2H3,(H,22,26)(H,23,24,25). The van der Waals surface area contributed by atoms with Crippen LogP contribution in [-0.4, -0.2) is 42.2 Å². The van der Waals surface area contributed by atoms with Crippen LogP contribution in [0.25, 0.3) is 0 Å². The van der Waals surface area contributed by atoms with E-state index >= 15 is 0 Å². The molecule has 2 aromatic rings. The summed E-state index contributed by atoms with van der Waals surface area (Å²) >= 11 is 0. The molecule has 0 atom stereocenters. The van der Waals surface area contributed by atoms with Gasteiger partial charge in [-0.15, -0.1) is 0 Å². The van der Waals surface area contributed by atoms with E-state index in [1.165, 1.54) is 19.3 Å². The first-order valence-corrected chi connectivity index (χ1v) is 9.81. The first-order chi connectivity index (χ1) is 13.6. The van der Waals surface area contributed by atoms with Crippen LogP contribution in [0.1, 0.15) is 48.3 Å². The predicted octanol–water partition coefficient (Wildman–Crippen LogP) is 3.35. The molecule has 150 valence electrons. The second kappa shape index (κ2) is 9.92. The van der Waals surface area contributed by atoms with Gasteiger partial charge in [0.25, 0.3) is 5.91 Å². The highest BCUT2D eigenvalue weighted by atomic mass is 16.5. The Bertz CT molecular complexity index is 774. The van der Waals surface area contributed by atoms with Crippen LogP contribution < -0.4 is 20.1 Å². The molecule has 1 saturated carbocycles. The smallest absolute Gasteiger partial charge is 0.270 e. The van der Waals surface area contributed by atoms with Crippen molar-refractivity contribution in [1.82, 2.24) is 15.3 Å². The van der Waals surface area contributed by atoms with Crippen molar-refractivity contribution in [3.05, 3.63) is 41.7 Å². The molecule has 7 nitrogen and oxygen atoms in total. The van der Waals surface area contributed by atoms with Crippen molar-refractivity contribution in [3.63, 3.8) is 0 Å². The van der Waals surface area contributed by atoms with Crippen LogP contribution >= 0.6 is 0 Å². The van der Waals surface area contributed by atoms with Gasteiger partial charge in [-0.2, -0.15) is 0 Å². The SMILES string of the molecule is COc1ccc(OCCNC(=O)c2cc(C)nc(NC3CCCCC3)n2)cc1. The summed E-state index contributed by atoms with van der Waals surface area (Å²) in [6, 6.07) is 9.42. The third kappa shape index (κ3) is 5.84. The van der Waals surface area contributed by atoms with Gasteiger partial charge in [0.15, 0.2) is 0 Å². The molecular weight excluding hydrogens is 356 g/mol. The van der Waals surface area contributed by atoms with E-state index in [1.807, 2.05) is 31.2 Å². The summed E-state index contributed by atoms with van der Waals surface area (Å²) in [6.07, 6.45) is 6.00. The number of benzene rings is 1. The van der Waals surface area contributed by atoms with Crippen LogP contribution in [0.4, 0.5) is 5.95 Å². The molecule has 1 amide bonds. The molecule has 7 heteroatoms. The summed E-state index contributed by atoms with van der Waals surface area (Å²) in [5, 5.41) is 6.22. The number of amides is 1. The third-order valence-corrected chi connectivity index (χ3v) is 4.74. The minimum Gasteiger partial charge on any atom is -0.497 e. The van der Waals surface area contributed by atoms with Crippen molar-refractivity contribution in [2.45, 2.75) is 45.1 Å². The number of carbonyl (C=O) groups is 1. The normalized spacial score (nSPS) is 14.4. The number of hydrogen-bond donors (Lipinski definition) is 2.